The van der Waals surface area contributed by atoms with E-state index in [9.17, 15) is 8.42 Å². The van der Waals surface area contributed by atoms with Crippen molar-refractivity contribution in [3.05, 3.63) is 36.7 Å². The highest BCUT2D eigenvalue weighted by Crippen LogP contribution is 2.35. The molecule has 27 heavy (non-hydrogen) atoms. The third-order valence-electron chi connectivity index (χ3n) is 3.99. The highest BCUT2D eigenvalue weighted by Gasteiger charge is 2.15. The number of fused-ring (bicyclic) bond motifs is 3. The Labute approximate surface area is 165 Å². The second-order valence-electron chi connectivity index (χ2n) is 5.69. The number of nitrogens with zero attached hydrogens (tertiary/aromatic N) is 3. The molecular weight excluding hydrogens is 410 g/mol. The van der Waals surface area contributed by atoms with Crippen molar-refractivity contribution in [1.82, 2.24) is 14.5 Å². The number of nitrogens with one attached hydrogen (secondary N) is 1. The van der Waals surface area contributed by atoms with E-state index in [1.165, 1.54) is 30.6 Å². The van der Waals surface area contributed by atoms with Crippen molar-refractivity contribution in [3.63, 3.8) is 0 Å². The van der Waals surface area contributed by atoms with Gasteiger partial charge >= 0.3 is 0 Å². The van der Waals surface area contributed by atoms with Crippen molar-refractivity contribution < 1.29 is 13.2 Å². The number of hydrogen-bond acceptors (Lipinski definition) is 7. The quantitative estimate of drug-likeness (QED) is 0.519. The molecule has 0 aliphatic heterocycles. The standard InChI is InChI=1S/C16H15N5O3S2.ClH/c1-21-8-18-14-11(21)4-6-13-15(14)20-16(25-13)19-10-7-9(26(17,22)23)3-5-12(10)24-2;/h3-8H,1-2H3,(H,19,20)(H2,17,22,23);1H. The summed E-state index contributed by atoms with van der Waals surface area (Å²) in [5, 5.41) is 8.94. The molecule has 4 aromatic rings. The van der Waals surface area contributed by atoms with Crippen molar-refractivity contribution in [2.75, 3.05) is 12.4 Å². The van der Waals surface area contributed by atoms with Gasteiger partial charge in [-0.1, -0.05) is 11.3 Å². The summed E-state index contributed by atoms with van der Waals surface area (Å²) in [6, 6.07) is 8.35. The molecule has 142 valence electrons. The Kier molecular flexibility index (Phi) is 5.00. The second-order valence-corrected chi connectivity index (χ2v) is 8.28. The van der Waals surface area contributed by atoms with Gasteiger partial charge in [0.25, 0.3) is 0 Å². The average molecular weight is 426 g/mol. The van der Waals surface area contributed by atoms with Crippen LogP contribution in [0.25, 0.3) is 21.3 Å². The van der Waals surface area contributed by atoms with Crippen LogP contribution in [0.5, 0.6) is 5.75 Å². The van der Waals surface area contributed by atoms with Crippen LogP contribution in [0.15, 0.2) is 41.6 Å². The molecule has 3 N–H and O–H groups in total. The van der Waals surface area contributed by atoms with Gasteiger partial charge in [0, 0.05) is 7.05 Å². The molecule has 11 heteroatoms. The van der Waals surface area contributed by atoms with Gasteiger partial charge in [0.2, 0.25) is 10.0 Å². The Balaban J connectivity index is 0.00000210. The minimum atomic E-state index is -3.82. The second kappa shape index (κ2) is 6.97. The summed E-state index contributed by atoms with van der Waals surface area (Å²) >= 11 is 1.44. The van der Waals surface area contributed by atoms with Crippen LogP contribution in [0.3, 0.4) is 0 Å². The molecule has 0 aliphatic carbocycles. The van der Waals surface area contributed by atoms with E-state index in [0.717, 1.165) is 21.3 Å². The van der Waals surface area contributed by atoms with Crippen molar-refractivity contribution in [1.29, 1.82) is 0 Å². The number of hydrogen-bond donors (Lipinski definition) is 2. The summed E-state index contributed by atoms with van der Waals surface area (Å²) in [5.41, 5.74) is 3.07. The number of imidazole rings is 1. The molecule has 4 rings (SSSR count). The summed E-state index contributed by atoms with van der Waals surface area (Å²) in [6.45, 7) is 0. The van der Waals surface area contributed by atoms with Crippen LogP contribution in [-0.2, 0) is 17.1 Å². The number of ether oxygens (including phenoxy) is 1. The number of sulfonamides is 1. The lowest BCUT2D eigenvalue weighted by Gasteiger charge is -2.10. The van der Waals surface area contributed by atoms with Gasteiger partial charge in [-0.2, -0.15) is 0 Å². The van der Waals surface area contributed by atoms with E-state index in [2.05, 4.69) is 15.3 Å². The van der Waals surface area contributed by atoms with Gasteiger partial charge in [0.1, 0.15) is 16.8 Å². The maximum absolute atomic E-state index is 11.6. The number of aromatic nitrogens is 3. The minimum absolute atomic E-state index is 0. The fraction of sp³-hybridized carbons (Fsp3) is 0.125. The molecule has 0 radical (unpaired) electrons. The minimum Gasteiger partial charge on any atom is -0.495 e. The molecule has 2 aromatic carbocycles. The summed E-state index contributed by atoms with van der Waals surface area (Å²) in [5.74, 6) is 0.486. The molecular formula is C16H16ClN5O3S2. The predicted molar refractivity (Wildman–Crippen MR) is 109 cm³/mol. The molecule has 0 amide bonds. The molecule has 2 heterocycles. The molecule has 0 fully saturated rings. The molecule has 0 bridgehead atoms. The molecule has 0 atom stereocenters. The maximum atomic E-state index is 11.6. The molecule has 0 unspecified atom stereocenters. The van der Waals surface area contributed by atoms with E-state index in [1.807, 2.05) is 23.7 Å². The average Bonchev–Trinajstić information content (AvgIpc) is 3.17. The van der Waals surface area contributed by atoms with Crippen molar-refractivity contribution >= 4 is 65.8 Å². The summed E-state index contributed by atoms with van der Waals surface area (Å²) in [6.07, 6.45) is 1.75. The van der Waals surface area contributed by atoms with E-state index in [0.29, 0.717) is 16.6 Å². The lowest BCUT2D eigenvalue weighted by Crippen LogP contribution is -2.12. The Morgan fingerprint density at radius 3 is 2.70 bits per heavy atom. The van der Waals surface area contributed by atoms with E-state index in [-0.39, 0.29) is 17.3 Å². The zero-order chi connectivity index (χ0) is 18.5. The molecule has 0 aliphatic rings. The molecule has 0 saturated heterocycles. The highest BCUT2D eigenvalue weighted by atomic mass is 35.5. The lowest BCUT2D eigenvalue weighted by atomic mass is 10.3. The zero-order valence-electron chi connectivity index (χ0n) is 14.3. The van der Waals surface area contributed by atoms with Crippen LogP contribution in [0.2, 0.25) is 0 Å². The number of rotatable bonds is 4. The smallest absolute Gasteiger partial charge is 0.238 e. The van der Waals surface area contributed by atoms with Gasteiger partial charge in [-0.05, 0) is 30.3 Å². The van der Waals surface area contributed by atoms with Crippen molar-refractivity contribution in [2.45, 2.75) is 4.90 Å². The first-order valence-electron chi connectivity index (χ1n) is 7.55. The molecule has 8 nitrogen and oxygen atoms in total. The van der Waals surface area contributed by atoms with Gasteiger partial charge in [-0.25, -0.2) is 23.5 Å². The monoisotopic (exact) mass is 425 g/mol. The number of benzene rings is 2. The topological polar surface area (TPSA) is 112 Å². The van der Waals surface area contributed by atoms with Crippen LogP contribution in [0.1, 0.15) is 0 Å². The molecule has 2 aromatic heterocycles. The maximum Gasteiger partial charge on any atom is 0.238 e. The summed E-state index contributed by atoms with van der Waals surface area (Å²) < 4.78 is 31.4. The van der Waals surface area contributed by atoms with Crippen molar-refractivity contribution in [2.24, 2.45) is 12.2 Å². The number of thiazole rings is 1. The van der Waals surface area contributed by atoms with E-state index in [4.69, 9.17) is 9.88 Å². The first-order valence-corrected chi connectivity index (χ1v) is 9.91. The SMILES string of the molecule is COc1ccc(S(N)(=O)=O)cc1Nc1nc2c(ccc3c2ncn3C)s1.Cl. The van der Waals surface area contributed by atoms with E-state index in [1.54, 1.807) is 12.4 Å². The van der Waals surface area contributed by atoms with E-state index >= 15 is 0 Å². The van der Waals surface area contributed by atoms with Crippen LogP contribution in [0, 0.1) is 0 Å². The van der Waals surface area contributed by atoms with Crippen LogP contribution < -0.4 is 15.2 Å². The number of primary sulfonamides is 1. The van der Waals surface area contributed by atoms with Gasteiger partial charge in [-0.15, -0.1) is 12.4 Å². The first-order chi connectivity index (χ1) is 12.4. The van der Waals surface area contributed by atoms with Gasteiger partial charge in [0.05, 0.1) is 34.2 Å². The molecule has 0 spiro atoms. The summed E-state index contributed by atoms with van der Waals surface area (Å²) in [4.78, 5) is 9.01. The number of aryl methyl sites for hydroxylation is 1. The van der Waals surface area contributed by atoms with Gasteiger partial charge in [-0.3, -0.25) is 0 Å². The lowest BCUT2D eigenvalue weighted by molar-refractivity contribution is 0.416. The molecule has 0 saturated carbocycles. The van der Waals surface area contributed by atoms with Gasteiger partial charge < -0.3 is 14.6 Å². The van der Waals surface area contributed by atoms with Crippen molar-refractivity contribution in [3.8, 4) is 5.75 Å². The van der Waals surface area contributed by atoms with Crippen LogP contribution in [-0.4, -0.2) is 30.1 Å². The zero-order valence-corrected chi connectivity index (χ0v) is 16.8. The predicted octanol–water partition coefficient (Wildman–Crippen LogP) is 3.00. The largest absolute Gasteiger partial charge is 0.495 e. The Morgan fingerprint density at radius 1 is 1.22 bits per heavy atom. The Hall–Kier alpha value is -2.40. The fourth-order valence-electron chi connectivity index (χ4n) is 2.72. The normalized spacial score (nSPS) is 11.5. The Bertz CT molecular complexity index is 1250. The number of halogens is 1. The first kappa shape index (κ1) is 19.4. The highest BCUT2D eigenvalue weighted by molar-refractivity contribution is 7.89. The van der Waals surface area contributed by atoms with Crippen LogP contribution >= 0.6 is 23.7 Å². The third kappa shape index (κ3) is 3.44. The van der Waals surface area contributed by atoms with E-state index < -0.39 is 10.0 Å². The fourth-order valence-corrected chi connectivity index (χ4v) is 4.14. The Morgan fingerprint density at radius 2 is 2.00 bits per heavy atom. The van der Waals surface area contributed by atoms with Gasteiger partial charge in [0.15, 0.2) is 5.13 Å². The number of nitrogens with two attached hydrogens (primary N) is 1. The third-order valence-corrected chi connectivity index (χ3v) is 5.84. The summed E-state index contributed by atoms with van der Waals surface area (Å²) in [7, 11) is -0.385. The van der Waals surface area contributed by atoms with Crippen LogP contribution in [0.4, 0.5) is 10.8 Å². The number of anilines is 2. The number of methoxy groups -OCH3 is 1.